The minimum absolute atomic E-state index is 0.0622. The van der Waals surface area contributed by atoms with Gasteiger partial charge in [-0.15, -0.1) is 0 Å². The van der Waals surface area contributed by atoms with Crippen LogP contribution < -0.4 is 0 Å². The highest BCUT2D eigenvalue weighted by molar-refractivity contribution is 5.51. The van der Waals surface area contributed by atoms with Crippen molar-refractivity contribution in [1.29, 1.82) is 5.26 Å². The number of aryl methyl sites for hydroxylation is 1. The molecule has 0 N–H and O–H groups in total. The fourth-order valence-electron chi connectivity index (χ4n) is 1.14. The molecular formula is C8H5F2N3O2. The summed E-state index contributed by atoms with van der Waals surface area (Å²) in [4.78, 5) is 12.8. The summed E-state index contributed by atoms with van der Waals surface area (Å²) in [5, 5.41) is 19.0. The molecule has 15 heavy (non-hydrogen) atoms. The number of rotatable bonds is 2. The number of nitro groups is 1. The molecule has 1 rings (SSSR count). The minimum atomic E-state index is -2.93. The van der Waals surface area contributed by atoms with Gasteiger partial charge in [-0.25, -0.2) is 8.78 Å². The van der Waals surface area contributed by atoms with Gasteiger partial charge in [0.25, 0.3) is 6.43 Å². The van der Waals surface area contributed by atoms with Gasteiger partial charge in [-0.3, -0.25) is 0 Å². The molecule has 0 unspecified atom stereocenters. The third-order valence-corrected chi connectivity index (χ3v) is 1.80. The van der Waals surface area contributed by atoms with Gasteiger partial charge in [0.2, 0.25) is 0 Å². The highest BCUT2D eigenvalue weighted by atomic mass is 19.3. The molecule has 0 radical (unpaired) electrons. The fraction of sp³-hybridized carbons (Fsp3) is 0.250. The average Bonchev–Trinajstić information content (AvgIpc) is 2.15. The lowest BCUT2D eigenvalue weighted by Crippen LogP contribution is -2.03. The normalized spacial score (nSPS) is 10.1. The minimum Gasteiger partial charge on any atom is -0.358 e. The maximum absolute atomic E-state index is 12.5. The van der Waals surface area contributed by atoms with E-state index in [1.165, 1.54) is 13.0 Å². The van der Waals surface area contributed by atoms with Crippen LogP contribution in [0.25, 0.3) is 0 Å². The van der Waals surface area contributed by atoms with E-state index >= 15 is 0 Å². The second kappa shape index (κ2) is 3.96. The summed E-state index contributed by atoms with van der Waals surface area (Å²) < 4.78 is 25.0. The molecule has 0 spiro atoms. The van der Waals surface area contributed by atoms with Crippen LogP contribution in [0.5, 0.6) is 0 Å². The van der Waals surface area contributed by atoms with E-state index in [0.29, 0.717) is 0 Å². The molecule has 0 aliphatic heterocycles. The molecule has 5 nitrogen and oxygen atoms in total. The van der Waals surface area contributed by atoms with Crippen molar-refractivity contribution < 1.29 is 13.7 Å². The summed E-state index contributed by atoms with van der Waals surface area (Å²) in [6.45, 7) is 1.32. The number of halogens is 2. The Kier molecular flexibility index (Phi) is 2.90. The first kappa shape index (κ1) is 11.0. The van der Waals surface area contributed by atoms with Gasteiger partial charge >= 0.3 is 5.82 Å². The van der Waals surface area contributed by atoms with E-state index in [4.69, 9.17) is 5.26 Å². The quantitative estimate of drug-likeness (QED) is 0.556. The molecule has 0 atom stereocenters. The van der Waals surface area contributed by atoms with E-state index in [-0.39, 0.29) is 5.56 Å². The lowest BCUT2D eigenvalue weighted by Gasteiger charge is -2.04. The maximum atomic E-state index is 12.5. The van der Waals surface area contributed by atoms with Gasteiger partial charge < -0.3 is 10.1 Å². The number of nitrogens with zero attached hydrogens (tertiary/aromatic N) is 3. The zero-order valence-electron chi connectivity index (χ0n) is 7.57. The van der Waals surface area contributed by atoms with Gasteiger partial charge in [-0.05, 0) is 16.8 Å². The van der Waals surface area contributed by atoms with Crippen LogP contribution >= 0.6 is 0 Å². The summed E-state index contributed by atoms with van der Waals surface area (Å²) in [5.74, 6) is -0.835. The predicted octanol–water partition coefficient (Wildman–Crippen LogP) is 2.11. The van der Waals surface area contributed by atoms with Crippen LogP contribution in [0.15, 0.2) is 6.20 Å². The van der Waals surface area contributed by atoms with Crippen molar-refractivity contribution in [1.82, 2.24) is 4.98 Å². The molecule has 0 amide bonds. The molecule has 0 saturated heterocycles. The first-order valence-electron chi connectivity index (χ1n) is 3.81. The zero-order valence-corrected chi connectivity index (χ0v) is 7.57. The van der Waals surface area contributed by atoms with E-state index < -0.39 is 28.3 Å². The average molecular weight is 213 g/mol. The van der Waals surface area contributed by atoms with Crippen LogP contribution in [-0.2, 0) is 0 Å². The van der Waals surface area contributed by atoms with Crippen molar-refractivity contribution in [3.8, 4) is 6.07 Å². The lowest BCUT2D eigenvalue weighted by molar-refractivity contribution is -0.389. The van der Waals surface area contributed by atoms with Gasteiger partial charge in [-0.1, -0.05) is 0 Å². The van der Waals surface area contributed by atoms with Crippen molar-refractivity contribution in [2.45, 2.75) is 13.3 Å². The topological polar surface area (TPSA) is 79.8 Å². The van der Waals surface area contributed by atoms with Crippen LogP contribution in [0.3, 0.4) is 0 Å². The third kappa shape index (κ3) is 1.88. The van der Waals surface area contributed by atoms with Crippen LogP contribution in [0.2, 0.25) is 0 Å². The van der Waals surface area contributed by atoms with Crippen molar-refractivity contribution in [2.24, 2.45) is 0 Å². The van der Waals surface area contributed by atoms with Crippen molar-refractivity contribution in [3.05, 3.63) is 33.0 Å². The highest BCUT2D eigenvalue weighted by Crippen LogP contribution is 2.30. The summed E-state index contributed by atoms with van der Waals surface area (Å²) in [5.41, 5.74) is -1.23. The number of pyridine rings is 1. The molecular weight excluding hydrogens is 208 g/mol. The van der Waals surface area contributed by atoms with E-state index in [9.17, 15) is 18.9 Å². The lowest BCUT2D eigenvalue weighted by atomic mass is 10.1. The van der Waals surface area contributed by atoms with Crippen LogP contribution in [0.4, 0.5) is 14.6 Å². The molecule has 0 aliphatic rings. The van der Waals surface area contributed by atoms with E-state index in [0.717, 1.165) is 6.20 Å². The molecule has 1 heterocycles. The van der Waals surface area contributed by atoms with Crippen LogP contribution in [0.1, 0.15) is 23.1 Å². The van der Waals surface area contributed by atoms with E-state index in [2.05, 4.69) is 4.98 Å². The third-order valence-electron chi connectivity index (χ3n) is 1.80. The molecule has 7 heteroatoms. The van der Waals surface area contributed by atoms with Gasteiger partial charge in [0.05, 0.1) is 5.56 Å². The van der Waals surface area contributed by atoms with Crippen LogP contribution in [0, 0.1) is 28.4 Å². The zero-order chi connectivity index (χ0) is 11.6. The summed E-state index contributed by atoms with van der Waals surface area (Å²) in [6.07, 6.45) is -1.97. The Labute approximate surface area is 83.1 Å². The van der Waals surface area contributed by atoms with Gasteiger partial charge in [0.15, 0.2) is 5.56 Å². The molecule has 0 saturated carbocycles. The SMILES string of the molecule is Cc1cnc([N+](=O)[O-])c(C#N)c1C(F)F. The molecule has 0 fully saturated rings. The van der Waals surface area contributed by atoms with Crippen molar-refractivity contribution >= 4 is 5.82 Å². The molecule has 1 aromatic rings. The number of alkyl halides is 2. The standard InChI is InChI=1S/C8H5F2N3O2/c1-4-3-12-8(13(14)15)5(2-11)6(4)7(9)10/h3,7H,1H3. The number of nitriles is 1. The number of aromatic nitrogens is 1. The molecule has 0 bridgehead atoms. The predicted molar refractivity (Wildman–Crippen MR) is 45.3 cm³/mol. The van der Waals surface area contributed by atoms with E-state index in [1.807, 2.05) is 0 Å². The number of hydrogen-bond acceptors (Lipinski definition) is 4. The Balaban J connectivity index is 3.56. The first-order chi connectivity index (χ1) is 6.99. The first-order valence-corrected chi connectivity index (χ1v) is 3.81. The number of hydrogen-bond donors (Lipinski definition) is 0. The van der Waals surface area contributed by atoms with Crippen LogP contribution in [-0.4, -0.2) is 9.91 Å². The molecule has 0 aliphatic carbocycles. The fourth-order valence-corrected chi connectivity index (χ4v) is 1.14. The van der Waals surface area contributed by atoms with Crippen molar-refractivity contribution in [2.75, 3.05) is 0 Å². The monoisotopic (exact) mass is 213 g/mol. The smallest absolute Gasteiger partial charge is 0.358 e. The Hall–Kier alpha value is -2.10. The Morgan fingerprint density at radius 2 is 2.27 bits per heavy atom. The van der Waals surface area contributed by atoms with Gasteiger partial charge in [0, 0.05) is 5.56 Å². The summed E-state index contributed by atoms with van der Waals surface area (Å²) in [6, 6.07) is 1.38. The molecule has 0 aromatic carbocycles. The van der Waals surface area contributed by atoms with E-state index in [1.54, 1.807) is 0 Å². The second-order valence-corrected chi connectivity index (χ2v) is 2.72. The Morgan fingerprint density at radius 3 is 2.67 bits per heavy atom. The largest absolute Gasteiger partial charge is 0.381 e. The van der Waals surface area contributed by atoms with Crippen molar-refractivity contribution in [3.63, 3.8) is 0 Å². The van der Waals surface area contributed by atoms with Gasteiger partial charge in [0.1, 0.15) is 12.3 Å². The summed E-state index contributed by atoms with van der Waals surface area (Å²) >= 11 is 0. The second-order valence-electron chi connectivity index (χ2n) is 2.72. The Bertz CT molecular complexity index is 454. The van der Waals surface area contributed by atoms with Gasteiger partial charge in [-0.2, -0.15) is 5.26 Å². The summed E-state index contributed by atoms with van der Waals surface area (Å²) in [7, 11) is 0. The molecule has 78 valence electrons. The highest BCUT2D eigenvalue weighted by Gasteiger charge is 2.26. The maximum Gasteiger partial charge on any atom is 0.381 e. The Morgan fingerprint density at radius 1 is 1.67 bits per heavy atom. The molecule has 1 aromatic heterocycles.